The third kappa shape index (κ3) is 2.11. The summed E-state index contributed by atoms with van der Waals surface area (Å²) in [6.07, 6.45) is 2.49. The van der Waals surface area contributed by atoms with Crippen molar-refractivity contribution in [1.29, 1.82) is 0 Å². The minimum atomic E-state index is 0.673. The quantitative estimate of drug-likeness (QED) is 0.795. The molecule has 6 nitrogen and oxygen atoms in total. The molecular formula is C10H13BrN6. The van der Waals surface area contributed by atoms with Crippen LogP contribution in [0.2, 0.25) is 0 Å². The molecule has 0 spiro atoms. The van der Waals surface area contributed by atoms with Crippen molar-refractivity contribution in [2.45, 2.75) is 17.7 Å². The van der Waals surface area contributed by atoms with Crippen molar-refractivity contribution in [2.24, 2.45) is 5.92 Å². The molecular weight excluding hydrogens is 284 g/mol. The van der Waals surface area contributed by atoms with Gasteiger partial charge in [0, 0.05) is 18.4 Å². The van der Waals surface area contributed by atoms with E-state index in [9.17, 15) is 0 Å². The minimum Gasteiger partial charge on any atom is -0.358 e. The Bertz CT molecular complexity index is 520. The van der Waals surface area contributed by atoms with Crippen LogP contribution in [0.25, 0.3) is 5.65 Å². The minimum absolute atomic E-state index is 0.673. The SMILES string of the molecule is CN(CC1CC(Br)C1)c1ccc2nnnn2n1. The van der Waals surface area contributed by atoms with Gasteiger partial charge in [0.05, 0.1) is 0 Å². The second-order valence-electron chi connectivity index (χ2n) is 4.53. The van der Waals surface area contributed by atoms with Crippen molar-refractivity contribution in [2.75, 3.05) is 18.5 Å². The Morgan fingerprint density at radius 3 is 3.06 bits per heavy atom. The lowest BCUT2D eigenvalue weighted by molar-refractivity contribution is 0.338. The van der Waals surface area contributed by atoms with Gasteiger partial charge in [0.1, 0.15) is 0 Å². The van der Waals surface area contributed by atoms with Gasteiger partial charge in [-0.2, -0.15) is 0 Å². The first-order valence-corrected chi connectivity index (χ1v) is 6.54. The molecule has 2 aromatic heterocycles. The molecule has 2 heterocycles. The first-order valence-electron chi connectivity index (χ1n) is 5.63. The number of hydrogen-bond donors (Lipinski definition) is 0. The van der Waals surface area contributed by atoms with E-state index in [1.54, 1.807) is 0 Å². The maximum Gasteiger partial charge on any atom is 0.200 e. The monoisotopic (exact) mass is 296 g/mol. The second kappa shape index (κ2) is 4.21. The summed E-state index contributed by atoms with van der Waals surface area (Å²) in [5, 5.41) is 15.6. The van der Waals surface area contributed by atoms with E-state index in [0.29, 0.717) is 10.5 Å². The lowest BCUT2D eigenvalue weighted by Gasteiger charge is -2.34. The fourth-order valence-electron chi connectivity index (χ4n) is 2.13. The molecule has 0 unspecified atom stereocenters. The lowest BCUT2D eigenvalue weighted by atomic mass is 9.85. The largest absolute Gasteiger partial charge is 0.358 e. The molecule has 90 valence electrons. The summed E-state index contributed by atoms with van der Waals surface area (Å²) in [5.41, 5.74) is 0.673. The van der Waals surface area contributed by atoms with Gasteiger partial charge in [0.2, 0.25) is 0 Å². The molecule has 1 aliphatic carbocycles. The van der Waals surface area contributed by atoms with Crippen LogP contribution in [0.5, 0.6) is 0 Å². The lowest BCUT2D eigenvalue weighted by Crippen LogP contribution is -2.35. The molecule has 1 fully saturated rings. The standard InChI is InChI=1S/C10H13BrN6/c1-16(6-7-4-8(11)5-7)10-3-2-9-12-14-15-17(9)13-10/h2-3,7-8H,4-6H2,1H3. The molecule has 2 aromatic rings. The van der Waals surface area contributed by atoms with Crippen LogP contribution in [0.3, 0.4) is 0 Å². The van der Waals surface area contributed by atoms with E-state index in [4.69, 9.17) is 0 Å². The number of aromatic nitrogens is 5. The third-order valence-corrected chi connectivity index (χ3v) is 3.90. The van der Waals surface area contributed by atoms with Crippen LogP contribution >= 0.6 is 15.9 Å². The summed E-state index contributed by atoms with van der Waals surface area (Å²) < 4.78 is 1.46. The van der Waals surface area contributed by atoms with Crippen LogP contribution in [0, 0.1) is 5.92 Å². The molecule has 0 bridgehead atoms. The molecule has 17 heavy (non-hydrogen) atoms. The van der Waals surface area contributed by atoms with Crippen LogP contribution in [0.1, 0.15) is 12.8 Å². The zero-order chi connectivity index (χ0) is 11.8. The molecule has 0 radical (unpaired) electrons. The van der Waals surface area contributed by atoms with Crippen molar-refractivity contribution in [3.63, 3.8) is 0 Å². The van der Waals surface area contributed by atoms with Crippen LogP contribution in [-0.4, -0.2) is 43.7 Å². The van der Waals surface area contributed by atoms with Crippen molar-refractivity contribution in [3.8, 4) is 0 Å². The molecule has 0 saturated heterocycles. The molecule has 1 saturated carbocycles. The number of halogens is 1. The first-order chi connectivity index (χ1) is 8.22. The molecule has 0 amide bonds. The van der Waals surface area contributed by atoms with Gasteiger partial charge in [0.15, 0.2) is 11.5 Å². The van der Waals surface area contributed by atoms with Crippen molar-refractivity contribution < 1.29 is 0 Å². The van der Waals surface area contributed by atoms with Crippen molar-refractivity contribution in [1.82, 2.24) is 25.3 Å². The molecule has 7 heteroatoms. The number of rotatable bonds is 3. The Balaban J connectivity index is 1.73. The Labute approximate surface area is 107 Å². The van der Waals surface area contributed by atoms with Crippen molar-refractivity contribution in [3.05, 3.63) is 12.1 Å². The van der Waals surface area contributed by atoms with Crippen molar-refractivity contribution >= 4 is 27.4 Å². The van der Waals surface area contributed by atoms with E-state index >= 15 is 0 Å². The maximum atomic E-state index is 4.36. The van der Waals surface area contributed by atoms with Crippen LogP contribution in [0.15, 0.2) is 12.1 Å². The number of tetrazole rings is 1. The predicted octanol–water partition coefficient (Wildman–Crippen LogP) is 1.13. The van der Waals surface area contributed by atoms with Crippen LogP contribution in [-0.2, 0) is 0 Å². The number of hydrogen-bond acceptors (Lipinski definition) is 5. The highest BCUT2D eigenvalue weighted by Crippen LogP contribution is 2.34. The highest BCUT2D eigenvalue weighted by molar-refractivity contribution is 9.09. The highest BCUT2D eigenvalue weighted by Gasteiger charge is 2.27. The molecule has 0 N–H and O–H groups in total. The fourth-order valence-corrected chi connectivity index (χ4v) is 3.19. The van der Waals surface area contributed by atoms with Gasteiger partial charge in [-0.05, 0) is 41.3 Å². The Morgan fingerprint density at radius 2 is 2.29 bits per heavy atom. The molecule has 3 rings (SSSR count). The van der Waals surface area contributed by atoms with E-state index < -0.39 is 0 Å². The topological polar surface area (TPSA) is 59.2 Å². The van der Waals surface area contributed by atoms with Gasteiger partial charge >= 0.3 is 0 Å². The number of fused-ring (bicyclic) bond motifs is 1. The number of alkyl halides is 1. The average molecular weight is 297 g/mol. The average Bonchev–Trinajstić information content (AvgIpc) is 2.73. The zero-order valence-electron chi connectivity index (χ0n) is 9.49. The third-order valence-electron chi connectivity index (χ3n) is 3.16. The smallest absolute Gasteiger partial charge is 0.200 e. The van der Waals surface area contributed by atoms with E-state index in [0.717, 1.165) is 18.3 Å². The molecule has 0 aliphatic heterocycles. The van der Waals surface area contributed by atoms with Gasteiger partial charge in [-0.1, -0.05) is 15.9 Å². The molecule has 0 aromatic carbocycles. The fraction of sp³-hybridized carbons (Fsp3) is 0.600. The van der Waals surface area contributed by atoms with E-state index in [1.807, 2.05) is 12.1 Å². The van der Waals surface area contributed by atoms with Crippen LogP contribution < -0.4 is 4.90 Å². The Hall–Kier alpha value is -1.24. The summed E-state index contributed by atoms with van der Waals surface area (Å²) in [7, 11) is 2.06. The summed E-state index contributed by atoms with van der Waals surface area (Å²) in [4.78, 5) is 2.86. The van der Waals surface area contributed by atoms with Gasteiger partial charge < -0.3 is 4.90 Å². The summed E-state index contributed by atoms with van der Waals surface area (Å²) in [5.74, 6) is 1.67. The number of nitrogens with zero attached hydrogens (tertiary/aromatic N) is 6. The molecule has 0 atom stereocenters. The van der Waals surface area contributed by atoms with Gasteiger partial charge in [0.25, 0.3) is 0 Å². The van der Waals surface area contributed by atoms with Crippen LogP contribution in [0.4, 0.5) is 5.82 Å². The van der Waals surface area contributed by atoms with Gasteiger partial charge in [-0.25, -0.2) is 0 Å². The van der Waals surface area contributed by atoms with E-state index in [-0.39, 0.29) is 0 Å². The van der Waals surface area contributed by atoms with E-state index in [1.165, 1.54) is 17.5 Å². The summed E-state index contributed by atoms with van der Waals surface area (Å²) in [6.45, 7) is 1.03. The summed E-state index contributed by atoms with van der Waals surface area (Å²) in [6, 6.07) is 3.84. The highest BCUT2D eigenvalue weighted by atomic mass is 79.9. The first kappa shape index (κ1) is 10.9. The van der Waals surface area contributed by atoms with E-state index in [2.05, 4.69) is 48.5 Å². The number of anilines is 1. The summed E-state index contributed by atoms with van der Waals surface area (Å²) >= 11 is 3.61. The Morgan fingerprint density at radius 1 is 1.47 bits per heavy atom. The zero-order valence-corrected chi connectivity index (χ0v) is 11.1. The normalized spacial score (nSPS) is 23.6. The van der Waals surface area contributed by atoms with Gasteiger partial charge in [-0.15, -0.1) is 14.8 Å². The Kier molecular flexibility index (Phi) is 2.70. The second-order valence-corrected chi connectivity index (χ2v) is 5.83. The maximum absolute atomic E-state index is 4.36. The predicted molar refractivity (Wildman–Crippen MR) is 67.3 cm³/mol. The molecule has 1 aliphatic rings. The van der Waals surface area contributed by atoms with Gasteiger partial charge in [-0.3, -0.25) is 0 Å².